The fourth-order valence-corrected chi connectivity index (χ4v) is 0. The summed E-state index contributed by atoms with van der Waals surface area (Å²) in [7, 11) is 0. The topological polar surface area (TPSA) is 31.5 Å². The van der Waals surface area contributed by atoms with Gasteiger partial charge in [0, 0.05) is 0 Å². The van der Waals surface area contributed by atoms with Crippen LogP contribution in [0, 0.1) is 0 Å². The Morgan fingerprint density at radius 3 is 1.00 bits per heavy atom. The van der Waals surface area contributed by atoms with Crippen LogP contribution >= 0.6 is 12.4 Å². The molecule has 0 aromatic carbocycles. The van der Waals surface area contributed by atoms with Gasteiger partial charge >= 0.3 is 20.1 Å². The second kappa shape index (κ2) is 30.1. The van der Waals surface area contributed by atoms with Gasteiger partial charge in [-0.15, -0.1) is 12.4 Å². The van der Waals surface area contributed by atoms with E-state index in [4.69, 9.17) is 0 Å². The Morgan fingerprint density at radius 2 is 1.00 bits per heavy atom. The quantitative estimate of drug-likeness (QED) is 0.444. The molecule has 0 spiro atoms. The molecule has 30 valence electrons. The van der Waals surface area contributed by atoms with Gasteiger partial charge in [-0.25, -0.2) is 0 Å². The normalized spacial score (nSPS) is 0. The van der Waals surface area contributed by atoms with Crippen LogP contribution in [0.15, 0.2) is 0 Å². The summed E-state index contributed by atoms with van der Waals surface area (Å²) >= 11 is 0. The zero-order chi connectivity index (χ0) is 0. The zero-order valence-electron chi connectivity index (χ0n) is 1.62. The average Bonchev–Trinajstić information content (AvgIpc) is 0. The third-order valence-corrected chi connectivity index (χ3v) is 0. The van der Waals surface area contributed by atoms with Crippen molar-refractivity contribution < 1.29 is 38.0 Å². The zero-order valence-corrected chi connectivity index (χ0v) is 5.59. The molecular formula is H3Cl2IrO+2. The summed E-state index contributed by atoms with van der Waals surface area (Å²) in [4.78, 5) is 0. The molecule has 4 heteroatoms. The molecule has 0 bridgehead atoms. The number of hydrogen-bond donors (Lipinski definition) is 0. The van der Waals surface area contributed by atoms with Crippen molar-refractivity contribution in [3.8, 4) is 0 Å². The van der Waals surface area contributed by atoms with E-state index < -0.39 is 0 Å². The molecule has 0 aromatic heterocycles. The molecule has 0 fully saturated rings. The van der Waals surface area contributed by atoms with Crippen molar-refractivity contribution >= 4 is 12.4 Å². The number of hydrogen-bond acceptors (Lipinski definition) is 0. The molecule has 0 radical (unpaired) electrons. The van der Waals surface area contributed by atoms with Gasteiger partial charge < -0.3 is 17.9 Å². The Balaban J connectivity index is 0. The van der Waals surface area contributed by atoms with Crippen LogP contribution in [0.5, 0.6) is 0 Å². The van der Waals surface area contributed by atoms with Crippen molar-refractivity contribution in [2.45, 2.75) is 0 Å². The SMILES string of the molecule is Cl.O.[Cl-].[Ir+3]. The Morgan fingerprint density at radius 1 is 1.00 bits per heavy atom. The minimum atomic E-state index is 0. The molecular weight excluding hydrogens is 279 g/mol. The van der Waals surface area contributed by atoms with Gasteiger partial charge in [0.25, 0.3) is 0 Å². The van der Waals surface area contributed by atoms with E-state index in [0.29, 0.717) is 0 Å². The van der Waals surface area contributed by atoms with Crippen molar-refractivity contribution in [2.24, 2.45) is 0 Å². The van der Waals surface area contributed by atoms with Gasteiger partial charge in [0.15, 0.2) is 0 Å². The monoisotopic (exact) mass is 282 g/mol. The molecule has 0 aliphatic carbocycles. The maximum absolute atomic E-state index is 0. The maximum Gasteiger partial charge on any atom is 3.00 e. The summed E-state index contributed by atoms with van der Waals surface area (Å²) in [6.45, 7) is 0. The molecule has 0 saturated heterocycles. The van der Waals surface area contributed by atoms with E-state index in [9.17, 15) is 0 Å². The van der Waals surface area contributed by atoms with Gasteiger partial charge in [-0.1, -0.05) is 0 Å². The molecule has 0 aliphatic rings. The fourth-order valence-electron chi connectivity index (χ4n) is 0. The molecule has 0 aromatic rings. The maximum atomic E-state index is 0. The molecule has 4 heavy (non-hydrogen) atoms. The Labute approximate surface area is 50.6 Å². The average molecular weight is 282 g/mol. The molecule has 0 aliphatic heterocycles. The van der Waals surface area contributed by atoms with Crippen molar-refractivity contribution in [3.05, 3.63) is 0 Å². The van der Waals surface area contributed by atoms with E-state index in [0.717, 1.165) is 0 Å². The Kier molecular flexibility index (Phi) is 485. The van der Waals surface area contributed by atoms with Gasteiger partial charge in [-0.3, -0.25) is 0 Å². The van der Waals surface area contributed by atoms with Crippen LogP contribution in [-0.4, -0.2) is 5.48 Å². The van der Waals surface area contributed by atoms with Crippen molar-refractivity contribution in [1.82, 2.24) is 0 Å². The van der Waals surface area contributed by atoms with Gasteiger partial charge in [0.1, 0.15) is 0 Å². The summed E-state index contributed by atoms with van der Waals surface area (Å²) in [5, 5.41) is 0. The fraction of sp³-hybridized carbons (Fsp3) is 0. The summed E-state index contributed by atoms with van der Waals surface area (Å²) in [5.74, 6) is 0. The van der Waals surface area contributed by atoms with Crippen LogP contribution in [-0.2, 0) is 20.1 Å². The van der Waals surface area contributed by atoms with Gasteiger partial charge in [-0.2, -0.15) is 0 Å². The summed E-state index contributed by atoms with van der Waals surface area (Å²) in [6.07, 6.45) is 0. The molecule has 2 N–H and O–H groups in total. The van der Waals surface area contributed by atoms with Crippen LogP contribution in [0.4, 0.5) is 0 Å². The van der Waals surface area contributed by atoms with E-state index >= 15 is 0 Å². The number of halogens is 2. The van der Waals surface area contributed by atoms with E-state index in [-0.39, 0.29) is 50.4 Å². The van der Waals surface area contributed by atoms with E-state index in [1.54, 1.807) is 0 Å². The second-order valence-corrected chi connectivity index (χ2v) is 0. The van der Waals surface area contributed by atoms with E-state index in [1.807, 2.05) is 0 Å². The predicted octanol–water partition coefficient (Wildman–Crippen LogP) is -3.40. The van der Waals surface area contributed by atoms with Gasteiger partial charge in [0.05, 0.1) is 0 Å². The smallest absolute Gasteiger partial charge is 1.00 e. The first-order chi connectivity index (χ1) is 0. The summed E-state index contributed by atoms with van der Waals surface area (Å²) < 4.78 is 0. The van der Waals surface area contributed by atoms with Gasteiger partial charge in [0.2, 0.25) is 0 Å². The molecule has 0 amide bonds. The van der Waals surface area contributed by atoms with Crippen LogP contribution < -0.4 is 12.4 Å². The second-order valence-electron chi connectivity index (χ2n) is 0. The predicted molar refractivity (Wildman–Crippen MR) is 10.9 cm³/mol. The third kappa shape index (κ3) is 10.8. The molecule has 0 saturated carbocycles. The minimum absolute atomic E-state index is 0. The van der Waals surface area contributed by atoms with Crippen LogP contribution in [0.1, 0.15) is 0 Å². The molecule has 0 unspecified atom stereocenters. The first kappa shape index (κ1) is 64.4. The van der Waals surface area contributed by atoms with Crippen LogP contribution in [0.2, 0.25) is 0 Å². The Bertz CT molecular complexity index is 6.00. The minimum Gasteiger partial charge on any atom is -1.00 e. The summed E-state index contributed by atoms with van der Waals surface area (Å²) in [5.41, 5.74) is 0. The van der Waals surface area contributed by atoms with Crippen molar-refractivity contribution in [1.29, 1.82) is 0 Å². The first-order valence-electron chi connectivity index (χ1n) is 0. The molecule has 0 atom stereocenters. The van der Waals surface area contributed by atoms with Crippen molar-refractivity contribution in [2.75, 3.05) is 0 Å². The van der Waals surface area contributed by atoms with Crippen molar-refractivity contribution in [3.63, 3.8) is 0 Å². The van der Waals surface area contributed by atoms with Crippen LogP contribution in [0.25, 0.3) is 0 Å². The standard InChI is InChI=1S/2ClH.Ir.H2O/h2*1H;;1H2/q;;+3;/p-1. The van der Waals surface area contributed by atoms with E-state index in [2.05, 4.69) is 0 Å². The Hall–Kier alpha value is 1.19. The van der Waals surface area contributed by atoms with Crippen LogP contribution in [0.3, 0.4) is 0 Å². The molecule has 0 heterocycles. The first-order valence-corrected chi connectivity index (χ1v) is 0. The number of rotatable bonds is 0. The summed E-state index contributed by atoms with van der Waals surface area (Å²) in [6, 6.07) is 0. The largest absolute Gasteiger partial charge is 3.00 e. The van der Waals surface area contributed by atoms with E-state index in [1.165, 1.54) is 0 Å². The molecule has 1 nitrogen and oxygen atoms in total. The van der Waals surface area contributed by atoms with Gasteiger partial charge in [-0.05, 0) is 0 Å². The third-order valence-electron chi connectivity index (χ3n) is 0. The molecule has 0 rings (SSSR count).